The topological polar surface area (TPSA) is 50.2 Å². The lowest BCUT2D eigenvalue weighted by molar-refractivity contribution is -0.122. The van der Waals surface area contributed by atoms with Crippen LogP contribution in [0.1, 0.15) is 17.5 Å². The van der Waals surface area contributed by atoms with E-state index < -0.39 is 0 Å². The van der Waals surface area contributed by atoms with Crippen molar-refractivity contribution in [3.8, 4) is 0 Å². The second kappa shape index (κ2) is 7.26. The number of carbonyl (C=O) groups excluding carboxylic acids is 1. The van der Waals surface area contributed by atoms with E-state index in [4.69, 9.17) is 11.6 Å². The number of rotatable bonds is 5. The van der Waals surface area contributed by atoms with Crippen molar-refractivity contribution < 1.29 is 4.79 Å². The van der Waals surface area contributed by atoms with Crippen LogP contribution in [-0.2, 0) is 11.3 Å². The van der Waals surface area contributed by atoms with Gasteiger partial charge in [0.1, 0.15) is 6.54 Å². The van der Waals surface area contributed by atoms with Crippen LogP contribution in [0.25, 0.3) is 0 Å². The monoisotopic (exact) mass is 346 g/mol. The molecule has 1 aromatic heterocycles. The molecule has 5 nitrogen and oxygen atoms in total. The van der Waals surface area contributed by atoms with E-state index in [1.165, 1.54) is 11.3 Å². The molecule has 0 aliphatic carbocycles. The van der Waals surface area contributed by atoms with Crippen molar-refractivity contribution in [1.82, 2.24) is 15.1 Å². The molecule has 1 aliphatic rings. The summed E-state index contributed by atoms with van der Waals surface area (Å²) in [5.41, 5.74) is 3.49. The molecule has 3 rings (SSSR count). The number of nitrogens with zero attached hydrogens (tertiary/aromatic N) is 3. The molecule has 0 radical (unpaired) electrons. The Morgan fingerprint density at radius 2 is 2.25 bits per heavy atom. The maximum atomic E-state index is 12.0. The fraction of sp³-hybridized carbons (Fsp3) is 0.444. The summed E-state index contributed by atoms with van der Waals surface area (Å²) in [5.74, 6) is 0.474. The largest absolute Gasteiger partial charge is 0.371 e. The zero-order valence-corrected chi connectivity index (χ0v) is 14.9. The van der Waals surface area contributed by atoms with Gasteiger partial charge in [-0.3, -0.25) is 9.48 Å². The first-order valence-corrected chi connectivity index (χ1v) is 8.66. The van der Waals surface area contributed by atoms with Crippen LogP contribution in [0.3, 0.4) is 0 Å². The minimum absolute atomic E-state index is 0.00971. The highest BCUT2D eigenvalue weighted by atomic mass is 35.5. The number of hydrogen-bond donors (Lipinski definition) is 1. The Morgan fingerprint density at radius 1 is 1.42 bits per heavy atom. The second-order valence-corrected chi connectivity index (χ2v) is 6.99. The van der Waals surface area contributed by atoms with E-state index in [9.17, 15) is 4.79 Å². The van der Waals surface area contributed by atoms with E-state index >= 15 is 0 Å². The smallest absolute Gasteiger partial charge is 0.241 e. The van der Waals surface area contributed by atoms with Crippen molar-refractivity contribution >= 4 is 23.2 Å². The number of amides is 1. The van der Waals surface area contributed by atoms with Gasteiger partial charge in [-0.25, -0.2) is 0 Å². The molecule has 128 valence electrons. The quantitative estimate of drug-likeness (QED) is 0.905. The minimum atomic E-state index is 0.00971. The first-order chi connectivity index (χ1) is 11.5. The number of carbonyl (C=O) groups is 1. The summed E-state index contributed by atoms with van der Waals surface area (Å²) >= 11 is 6.12. The summed E-state index contributed by atoms with van der Waals surface area (Å²) in [6.07, 6.45) is 4.71. The highest BCUT2D eigenvalue weighted by Crippen LogP contribution is 2.29. The van der Waals surface area contributed by atoms with Gasteiger partial charge >= 0.3 is 0 Å². The third-order valence-electron chi connectivity index (χ3n) is 4.45. The van der Waals surface area contributed by atoms with Gasteiger partial charge in [-0.05, 0) is 49.4 Å². The molecule has 2 heterocycles. The average Bonchev–Trinajstić information content (AvgIpc) is 3.17. The summed E-state index contributed by atoms with van der Waals surface area (Å²) in [4.78, 5) is 14.4. The normalized spacial score (nSPS) is 17.3. The van der Waals surface area contributed by atoms with E-state index in [0.29, 0.717) is 12.5 Å². The van der Waals surface area contributed by atoms with Gasteiger partial charge in [0.25, 0.3) is 0 Å². The Labute approximate surface area is 147 Å². The molecule has 0 spiro atoms. The first-order valence-electron chi connectivity index (χ1n) is 8.28. The molecule has 24 heavy (non-hydrogen) atoms. The van der Waals surface area contributed by atoms with Gasteiger partial charge in [0.2, 0.25) is 5.91 Å². The summed E-state index contributed by atoms with van der Waals surface area (Å²) in [5, 5.41) is 7.93. The molecular weight excluding hydrogens is 324 g/mol. The van der Waals surface area contributed by atoms with E-state index in [1.807, 2.05) is 25.3 Å². The molecule has 2 aromatic rings. The molecular formula is C18H23ClN4O. The van der Waals surface area contributed by atoms with Crippen LogP contribution < -0.4 is 10.2 Å². The lowest BCUT2D eigenvalue weighted by atomic mass is 10.1. The summed E-state index contributed by atoms with van der Waals surface area (Å²) < 4.78 is 1.67. The highest BCUT2D eigenvalue weighted by molar-refractivity contribution is 6.30. The van der Waals surface area contributed by atoms with Crippen molar-refractivity contribution in [1.29, 1.82) is 0 Å². The summed E-state index contributed by atoms with van der Waals surface area (Å²) in [6, 6.07) is 6.00. The minimum Gasteiger partial charge on any atom is -0.371 e. The number of aromatic nitrogens is 2. The van der Waals surface area contributed by atoms with Gasteiger partial charge in [0.15, 0.2) is 0 Å². The number of nitrogens with one attached hydrogen (secondary N) is 1. The summed E-state index contributed by atoms with van der Waals surface area (Å²) in [7, 11) is 0. The van der Waals surface area contributed by atoms with E-state index in [1.54, 1.807) is 10.9 Å². The van der Waals surface area contributed by atoms with Crippen LogP contribution in [0.5, 0.6) is 0 Å². The zero-order valence-electron chi connectivity index (χ0n) is 14.1. The fourth-order valence-corrected chi connectivity index (χ4v) is 3.32. The standard InChI is InChI=1S/C18H23ClN4O/c1-13-8-21-23(10-13)12-18(24)20-9-15-5-6-22(11-15)17-7-16(19)4-3-14(17)2/h3-4,7-8,10,15H,5-6,9,11-12H2,1-2H3,(H,20,24)/t15-/m1/s1. The predicted molar refractivity (Wildman–Crippen MR) is 96.5 cm³/mol. The Kier molecular flexibility index (Phi) is 5.09. The molecule has 6 heteroatoms. The number of aryl methyl sites for hydroxylation is 2. The lowest BCUT2D eigenvalue weighted by Gasteiger charge is -2.21. The molecule has 0 saturated carbocycles. The molecule has 1 N–H and O–H groups in total. The van der Waals surface area contributed by atoms with E-state index in [-0.39, 0.29) is 12.5 Å². The van der Waals surface area contributed by atoms with Crippen molar-refractivity contribution in [2.24, 2.45) is 5.92 Å². The maximum Gasteiger partial charge on any atom is 0.241 e. The van der Waals surface area contributed by atoms with Gasteiger partial charge in [-0.15, -0.1) is 0 Å². The molecule has 1 saturated heterocycles. The van der Waals surface area contributed by atoms with Gasteiger partial charge in [0, 0.05) is 36.5 Å². The SMILES string of the molecule is Cc1cnn(CC(=O)NC[C@H]2CCN(c3cc(Cl)ccc3C)C2)c1. The number of halogens is 1. The predicted octanol–water partition coefficient (Wildman–Crippen LogP) is 2.80. The molecule has 0 unspecified atom stereocenters. The van der Waals surface area contributed by atoms with Crippen LogP contribution in [0.15, 0.2) is 30.6 Å². The van der Waals surface area contributed by atoms with Gasteiger partial charge in [0.05, 0.1) is 6.20 Å². The van der Waals surface area contributed by atoms with Gasteiger partial charge in [-0.1, -0.05) is 17.7 Å². The van der Waals surface area contributed by atoms with Crippen LogP contribution in [0.2, 0.25) is 5.02 Å². The Hall–Kier alpha value is -2.01. The first kappa shape index (κ1) is 16.8. The molecule has 1 fully saturated rings. The Balaban J connectivity index is 1.49. The molecule has 1 atom stereocenters. The van der Waals surface area contributed by atoms with Crippen molar-refractivity contribution in [3.05, 3.63) is 46.7 Å². The number of hydrogen-bond acceptors (Lipinski definition) is 3. The Bertz CT molecular complexity index is 728. The van der Waals surface area contributed by atoms with Crippen LogP contribution in [-0.4, -0.2) is 35.3 Å². The average molecular weight is 347 g/mol. The van der Waals surface area contributed by atoms with Crippen LogP contribution >= 0.6 is 11.6 Å². The lowest BCUT2D eigenvalue weighted by Crippen LogP contribution is -2.33. The van der Waals surface area contributed by atoms with Crippen LogP contribution in [0, 0.1) is 19.8 Å². The van der Waals surface area contributed by atoms with Crippen LogP contribution in [0.4, 0.5) is 5.69 Å². The third-order valence-corrected chi connectivity index (χ3v) is 4.69. The summed E-state index contributed by atoms with van der Waals surface area (Å²) in [6.45, 7) is 6.99. The molecule has 1 aliphatic heterocycles. The maximum absolute atomic E-state index is 12.0. The second-order valence-electron chi connectivity index (χ2n) is 6.55. The molecule has 1 aromatic carbocycles. The fourth-order valence-electron chi connectivity index (χ4n) is 3.16. The zero-order chi connectivity index (χ0) is 17.1. The number of benzene rings is 1. The highest BCUT2D eigenvalue weighted by Gasteiger charge is 2.24. The van der Waals surface area contributed by atoms with E-state index in [0.717, 1.165) is 30.1 Å². The molecule has 0 bridgehead atoms. The van der Waals surface area contributed by atoms with Crippen molar-refractivity contribution in [2.75, 3.05) is 24.5 Å². The van der Waals surface area contributed by atoms with E-state index in [2.05, 4.69) is 28.3 Å². The van der Waals surface area contributed by atoms with Crippen molar-refractivity contribution in [3.63, 3.8) is 0 Å². The van der Waals surface area contributed by atoms with Crippen molar-refractivity contribution in [2.45, 2.75) is 26.8 Å². The Morgan fingerprint density at radius 3 is 3.00 bits per heavy atom. The van der Waals surface area contributed by atoms with Gasteiger partial charge < -0.3 is 10.2 Å². The van der Waals surface area contributed by atoms with Gasteiger partial charge in [-0.2, -0.15) is 5.10 Å². The molecule has 1 amide bonds. The number of anilines is 1. The third kappa shape index (κ3) is 4.09.